The van der Waals surface area contributed by atoms with Gasteiger partial charge in [0.1, 0.15) is 5.75 Å². The number of aryl methyl sites for hydroxylation is 1. The molecule has 0 bridgehead atoms. The number of nitrogens with zero attached hydrogens (tertiary/aromatic N) is 2. The second-order valence-electron chi connectivity index (χ2n) is 6.61. The van der Waals surface area contributed by atoms with Gasteiger partial charge in [-0.15, -0.1) is 0 Å². The number of hydrogen-bond donors (Lipinski definition) is 1. The molecule has 0 radical (unpaired) electrons. The minimum Gasteiger partial charge on any atom is -0.479 e. The fraction of sp³-hybridized carbons (Fsp3) is 0.632. The minimum atomic E-state index is -0.563. The quantitative estimate of drug-likeness (QED) is 0.717. The molecule has 1 heterocycles. The Morgan fingerprint density at radius 2 is 1.96 bits per heavy atom. The van der Waals surface area contributed by atoms with E-state index in [1.165, 1.54) is 0 Å². The molecule has 140 valence electrons. The van der Waals surface area contributed by atoms with E-state index in [-0.39, 0.29) is 5.91 Å². The number of likely N-dealkylation sites (N-methyl/N-ethyl adjacent to an activating group) is 1. The predicted octanol–water partition coefficient (Wildman–Crippen LogP) is 2.56. The van der Waals surface area contributed by atoms with E-state index < -0.39 is 6.10 Å². The highest BCUT2D eigenvalue weighted by Crippen LogP contribution is 2.26. The average Bonchev–Trinajstić information content (AvgIpc) is 2.62. The zero-order valence-electron chi connectivity index (χ0n) is 15.6. The van der Waals surface area contributed by atoms with Crippen LogP contribution in [0.4, 0.5) is 0 Å². The highest BCUT2D eigenvalue weighted by atomic mass is 35.5. The molecule has 5 nitrogen and oxygen atoms in total. The molecule has 0 aromatic heterocycles. The van der Waals surface area contributed by atoms with E-state index in [9.17, 15) is 4.79 Å². The Hall–Kier alpha value is -1.30. The summed E-state index contributed by atoms with van der Waals surface area (Å²) in [6.07, 6.45) is 0.392. The summed E-state index contributed by atoms with van der Waals surface area (Å²) in [6, 6.07) is 5.55. The minimum absolute atomic E-state index is 0.103. The van der Waals surface area contributed by atoms with Crippen molar-refractivity contribution in [2.24, 2.45) is 0 Å². The number of carbonyl (C=O) groups excluding carboxylic acids is 1. The summed E-state index contributed by atoms with van der Waals surface area (Å²) in [5.41, 5.74) is 1.05. The van der Waals surface area contributed by atoms with Gasteiger partial charge in [0.05, 0.1) is 5.02 Å². The lowest BCUT2D eigenvalue weighted by molar-refractivity contribution is -0.127. The van der Waals surface area contributed by atoms with Gasteiger partial charge in [-0.1, -0.05) is 24.6 Å². The maximum absolute atomic E-state index is 12.2. The third-order valence-electron chi connectivity index (χ3n) is 4.62. The summed E-state index contributed by atoms with van der Waals surface area (Å²) >= 11 is 6.11. The normalized spacial score (nSPS) is 17.3. The highest BCUT2D eigenvalue weighted by Gasteiger charge is 2.17. The summed E-state index contributed by atoms with van der Waals surface area (Å²) in [5, 5.41) is 3.48. The topological polar surface area (TPSA) is 44.8 Å². The predicted molar refractivity (Wildman–Crippen MR) is 102 cm³/mol. The van der Waals surface area contributed by atoms with Gasteiger partial charge in [-0.3, -0.25) is 4.79 Å². The molecule has 1 aromatic rings. The van der Waals surface area contributed by atoms with Crippen LogP contribution in [0.2, 0.25) is 5.02 Å². The summed E-state index contributed by atoms with van der Waals surface area (Å²) in [6.45, 7) is 13.3. The van der Waals surface area contributed by atoms with Gasteiger partial charge < -0.3 is 19.9 Å². The van der Waals surface area contributed by atoms with Crippen LogP contribution >= 0.6 is 11.6 Å². The van der Waals surface area contributed by atoms with Crippen molar-refractivity contribution < 1.29 is 9.53 Å². The van der Waals surface area contributed by atoms with E-state index in [1.54, 1.807) is 13.0 Å². The summed E-state index contributed by atoms with van der Waals surface area (Å²) in [5.74, 6) is 0.450. The van der Waals surface area contributed by atoms with Crippen molar-refractivity contribution in [2.45, 2.75) is 33.3 Å². The highest BCUT2D eigenvalue weighted by molar-refractivity contribution is 6.32. The lowest BCUT2D eigenvalue weighted by Crippen LogP contribution is -2.46. The van der Waals surface area contributed by atoms with Crippen LogP contribution in [0.5, 0.6) is 5.75 Å². The number of carbonyl (C=O) groups is 1. The van der Waals surface area contributed by atoms with E-state index in [4.69, 9.17) is 16.3 Å². The third-order valence-corrected chi connectivity index (χ3v) is 4.93. The van der Waals surface area contributed by atoms with Gasteiger partial charge in [-0.25, -0.2) is 0 Å². The van der Waals surface area contributed by atoms with Crippen LogP contribution in [-0.2, 0) is 4.79 Å². The molecule has 25 heavy (non-hydrogen) atoms. The first-order chi connectivity index (χ1) is 12.0. The van der Waals surface area contributed by atoms with Crippen molar-refractivity contribution >= 4 is 17.5 Å². The van der Waals surface area contributed by atoms with Crippen molar-refractivity contribution in [3.8, 4) is 5.75 Å². The number of halogens is 1. The van der Waals surface area contributed by atoms with Crippen molar-refractivity contribution in [2.75, 3.05) is 45.8 Å². The van der Waals surface area contributed by atoms with Crippen LogP contribution in [0.15, 0.2) is 18.2 Å². The zero-order valence-corrected chi connectivity index (χ0v) is 16.3. The van der Waals surface area contributed by atoms with Crippen molar-refractivity contribution in [3.63, 3.8) is 0 Å². The average molecular weight is 368 g/mol. The monoisotopic (exact) mass is 367 g/mol. The van der Waals surface area contributed by atoms with Crippen molar-refractivity contribution in [1.82, 2.24) is 15.1 Å². The largest absolute Gasteiger partial charge is 0.479 e. The number of nitrogens with one attached hydrogen (secondary N) is 1. The first-order valence-corrected chi connectivity index (χ1v) is 9.52. The standard InChI is InChI=1S/C19H30ClN3O2/c1-4-22-10-12-23(13-11-22)9-5-8-21-19(24)16(3)25-18-14-15(2)6-7-17(18)20/h6-7,14,16H,4-5,8-13H2,1-3H3,(H,21,24). The first-order valence-electron chi connectivity index (χ1n) is 9.15. The van der Waals surface area contributed by atoms with Crippen LogP contribution in [0, 0.1) is 6.92 Å². The number of benzene rings is 1. The second-order valence-corrected chi connectivity index (χ2v) is 7.02. The molecule has 1 aliphatic heterocycles. The molecule has 0 spiro atoms. The van der Waals surface area contributed by atoms with Crippen LogP contribution in [0.1, 0.15) is 25.8 Å². The van der Waals surface area contributed by atoms with Gasteiger partial charge in [0.25, 0.3) is 5.91 Å². The smallest absolute Gasteiger partial charge is 0.260 e. The Bertz CT molecular complexity index is 560. The van der Waals surface area contributed by atoms with Crippen LogP contribution in [0.25, 0.3) is 0 Å². The second kappa shape index (κ2) is 10.00. The molecule has 1 amide bonds. The van der Waals surface area contributed by atoms with E-state index in [1.807, 2.05) is 19.1 Å². The van der Waals surface area contributed by atoms with Gasteiger partial charge in [0.15, 0.2) is 6.10 Å². The Morgan fingerprint density at radius 3 is 2.64 bits per heavy atom. The molecule has 0 saturated carbocycles. The SMILES string of the molecule is CCN1CCN(CCCNC(=O)C(C)Oc2cc(C)ccc2Cl)CC1. The van der Waals surface area contributed by atoms with Gasteiger partial charge in [0.2, 0.25) is 0 Å². The third kappa shape index (κ3) is 6.49. The fourth-order valence-electron chi connectivity index (χ4n) is 2.93. The van der Waals surface area contributed by atoms with Gasteiger partial charge >= 0.3 is 0 Å². The molecule has 1 fully saturated rings. The number of hydrogen-bond acceptors (Lipinski definition) is 4. The molecule has 1 saturated heterocycles. The molecule has 0 aliphatic carbocycles. The zero-order chi connectivity index (χ0) is 18.2. The maximum Gasteiger partial charge on any atom is 0.260 e. The summed E-state index contributed by atoms with van der Waals surface area (Å²) in [4.78, 5) is 17.1. The van der Waals surface area contributed by atoms with E-state index in [0.29, 0.717) is 17.3 Å². The molecular weight excluding hydrogens is 338 g/mol. The molecule has 1 atom stereocenters. The Morgan fingerprint density at radius 1 is 1.28 bits per heavy atom. The summed E-state index contributed by atoms with van der Waals surface area (Å²) in [7, 11) is 0. The molecule has 2 rings (SSSR count). The van der Waals surface area contributed by atoms with E-state index in [2.05, 4.69) is 22.0 Å². The Balaban J connectivity index is 1.65. The van der Waals surface area contributed by atoms with Gasteiger partial charge in [0, 0.05) is 32.7 Å². The Labute approximate surface area is 156 Å². The summed E-state index contributed by atoms with van der Waals surface area (Å²) < 4.78 is 5.70. The number of rotatable bonds is 8. The number of amides is 1. The molecule has 1 N–H and O–H groups in total. The lowest BCUT2D eigenvalue weighted by Gasteiger charge is -2.34. The van der Waals surface area contributed by atoms with Crippen LogP contribution in [-0.4, -0.2) is 67.6 Å². The molecule has 1 aromatic carbocycles. The van der Waals surface area contributed by atoms with Crippen LogP contribution in [0.3, 0.4) is 0 Å². The van der Waals surface area contributed by atoms with Crippen molar-refractivity contribution in [3.05, 3.63) is 28.8 Å². The van der Waals surface area contributed by atoms with Gasteiger partial charge in [-0.05, 0) is 51.1 Å². The number of ether oxygens (including phenoxy) is 1. The lowest BCUT2D eigenvalue weighted by atomic mass is 10.2. The number of piperazine rings is 1. The first kappa shape index (κ1) is 20.0. The molecule has 1 aliphatic rings. The molecule has 1 unspecified atom stereocenters. The van der Waals surface area contributed by atoms with Crippen molar-refractivity contribution in [1.29, 1.82) is 0 Å². The van der Waals surface area contributed by atoms with Gasteiger partial charge in [-0.2, -0.15) is 0 Å². The fourth-order valence-corrected chi connectivity index (χ4v) is 3.09. The maximum atomic E-state index is 12.2. The molecule has 6 heteroatoms. The molecular formula is C19H30ClN3O2. The van der Waals surface area contributed by atoms with Crippen LogP contribution < -0.4 is 10.1 Å². The van der Waals surface area contributed by atoms with E-state index in [0.717, 1.165) is 51.3 Å². The van der Waals surface area contributed by atoms with E-state index >= 15 is 0 Å². The Kier molecular flexibility index (Phi) is 8.00.